The third-order valence-electron chi connectivity index (χ3n) is 7.84. The summed E-state index contributed by atoms with van der Waals surface area (Å²) in [6, 6.07) is 15.8. The van der Waals surface area contributed by atoms with Gasteiger partial charge in [-0.2, -0.15) is 0 Å². The first kappa shape index (κ1) is 26.5. The number of nitrogens with zero attached hydrogens (tertiary/aromatic N) is 1. The van der Waals surface area contributed by atoms with Gasteiger partial charge in [0.15, 0.2) is 11.6 Å². The topological polar surface area (TPSA) is 46.6 Å². The van der Waals surface area contributed by atoms with Crippen molar-refractivity contribution in [2.24, 2.45) is 10.8 Å². The highest BCUT2D eigenvalue weighted by molar-refractivity contribution is 6.30. The molecule has 0 amide bonds. The smallest absolute Gasteiger partial charge is 0.162 e. The van der Waals surface area contributed by atoms with Crippen LogP contribution in [0.3, 0.4) is 0 Å². The fourth-order valence-electron chi connectivity index (χ4n) is 6.34. The molecule has 198 valence electrons. The summed E-state index contributed by atoms with van der Waals surface area (Å²) in [6.07, 6.45) is 4.08. The standard InChI is InChI=1S/C33H36ClNO3/c1-6-14-38-28-13-12-22(34)15-23(28)29-30-24(16-32(2,3)18-26(30)36)35(20-21-10-8-7-9-11-21)25-17-33(4,5)19-27(37)31(25)29/h6-13,15,29H,1,14,16-20H2,2-5H3. The average Bonchev–Trinajstić information content (AvgIpc) is 2.83. The maximum Gasteiger partial charge on any atom is 0.162 e. The minimum Gasteiger partial charge on any atom is -0.489 e. The van der Waals surface area contributed by atoms with Crippen molar-refractivity contribution in [2.75, 3.05) is 6.61 Å². The van der Waals surface area contributed by atoms with Crippen LogP contribution in [0.25, 0.3) is 0 Å². The number of halogens is 1. The first-order valence-electron chi connectivity index (χ1n) is 13.4. The van der Waals surface area contributed by atoms with Gasteiger partial charge < -0.3 is 9.64 Å². The molecule has 5 heteroatoms. The molecule has 1 aliphatic heterocycles. The first-order chi connectivity index (χ1) is 18.0. The van der Waals surface area contributed by atoms with E-state index in [1.807, 2.05) is 30.3 Å². The molecule has 3 aliphatic rings. The van der Waals surface area contributed by atoms with Gasteiger partial charge >= 0.3 is 0 Å². The Morgan fingerprint density at radius 1 is 0.921 bits per heavy atom. The van der Waals surface area contributed by atoms with Gasteiger partial charge in [0.2, 0.25) is 0 Å². The molecule has 0 unspecified atom stereocenters. The summed E-state index contributed by atoms with van der Waals surface area (Å²) < 4.78 is 6.07. The van der Waals surface area contributed by atoms with Crippen LogP contribution in [0.15, 0.2) is 83.7 Å². The number of Topliss-reactive ketones (excluding diaryl/α,β-unsaturated/α-hetero) is 2. The number of hydrogen-bond donors (Lipinski definition) is 0. The maximum absolute atomic E-state index is 14.0. The molecule has 5 rings (SSSR count). The molecular formula is C33H36ClNO3. The highest BCUT2D eigenvalue weighted by Crippen LogP contribution is 2.56. The zero-order valence-corrected chi connectivity index (χ0v) is 23.5. The second-order valence-corrected chi connectivity index (χ2v) is 12.8. The van der Waals surface area contributed by atoms with Crippen LogP contribution in [-0.4, -0.2) is 23.1 Å². The summed E-state index contributed by atoms with van der Waals surface area (Å²) in [7, 11) is 0. The molecule has 0 fully saturated rings. The minimum atomic E-state index is -0.502. The quantitative estimate of drug-likeness (QED) is 0.358. The number of hydrogen-bond acceptors (Lipinski definition) is 4. The molecule has 38 heavy (non-hydrogen) atoms. The van der Waals surface area contributed by atoms with Crippen molar-refractivity contribution in [1.82, 2.24) is 4.90 Å². The lowest BCUT2D eigenvalue weighted by atomic mass is 9.63. The lowest BCUT2D eigenvalue weighted by Gasteiger charge is -2.49. The fraction of sp³-hybridized carbons (Fsp3) is 0.394. The molecule has 0 atom stereocenters. The van der Waals surface area contributed by atoms with Gasteiger partial charge in [-0.05, 0) is 47.4 Å². The summed E-state index contributed by atoms with van der Waals surface area (Å²) in [5.74, 6) is 0.318. The largest absolute Gasteiger partial charge is 0.489 e. The third kappa shape index (κ3) is 4.99. The molecule has 2 aliphatic carbocycles. The maximum atomic E-state index is 14.0. The monoisotopic (exact) mass is 529 g/mol. The van der Waals surface area contributed by atoms with Crippen molar-refractivity contribution in [3.05, 3.63) is 99.9 Å². The van der Waals surface area contributed by atoms with E-state index in [1.165, 1.54) is 0 Å². The molecule has 0 radical (unpaired) electrons. The summed E-state index contributed by atoms with van der Waals surface area (Å²) in [5.41, 5.74) is 5.05. The number of benzene rings is 2. The van der Waals surface area contributed by atoms with E-state index in [4.69, 9.17) is 16.3 Å². The van der Waals surface area contributed by atoms with E-state index in [0.717, 1.165) is 46.5 Å². The number of carbonyl (C=O) groups excluding carboxylic acids is 2. The molecule has 0 N–H and O–H groups in total. The molecule has 0 bridgehead atoms. The molecule has 2 aromatic rings. The molecular weight excluding hydrogens is 494 g/mol. The number of carbonyl (C=O) groups is 2. The molecule has 0 aromatic heterocycles. The summed E-state index contributed by atoms with van der Waals surface area (Å²) in [6.45, 7) is 13.3. The van der Waals surface area contributed by atoms with Gasteiger partial charge in [-0.1, -0.05) is 82.3 Å². The Balaban J connectivity index is 1.79. The van der Waals surface area contributed by atoms with E-state index >= 15 is 0 Å². The van der Waals surface area contributed by atoms with Crippen LogP contribution < -0.4 is 4.74 Å². The van der Waals surface area contributed by atoms with E-state index < -0.39 is 5.92 Å². The van der Waals surface area contributed by atoms with Crippen molar-refractivity contribution in [1.29, 1.82) is 0 Å². The highest BCUT2D eigenvalue weighted by atomic mass is 35.5. The zero-order chi connectivity index (χ0) is 27.2. The minimum absolute atomic E-state index is 0.0955. The molecule has 2 aromatic carbocycles. The Labute approximate surface area is 231 Å². The van der Waals surface area contributed by atoms with E-state index in [1.54, 1.807) is 12.1 Å². The molecule has 0 saturated carbocycles. The molecule has 4 nitrogen and oxygen atoms in total. The Kier molecular flexibility index (Phi) is 6.89. The van der Waals surface area contributed by atoms with Crippen molar-refractivity contribution in [3.8, 4) is 5.75 Å². The highest BCUT2D eigenvalue weighted by Gasteiger charge is 2.49. The molecule has 0 spiro atoms. The Hall–Kier alpha value is -3.11. The van der Waals surface area contributed by atoms with Crippen molar-refractivity contribution in [2.45, 2.75) is 65.8 Å². The van der Waals surface area contributed by atoms with Gasteiger partial charge in [-0.15, -0.1) is 0 Å². The van der Waals surface area contributed by atoms with Crippen LogP contribution in [0.2, 0.25) is 5.02 Å². The van der Waals surface area contributed by atoms with Crippen LogP contribution in [0, 0.1) is 10.8 Å². The molecule has 0 saturated heterocycles. The predicted octanol–water partition coefficient (Wildman–Crippen LogP) is 7.79. The van der Waals surface area contributed by atoms with E-state index in [0.29, 0.717) is 36.8 Å². The van der Waals surface area contributed by atoms with E-state index in [9.17, 15) is 9.59 Å². The Morgan fingerprint density at radius 3 is 2.05 bits per heavy atom. The van der Waals surface area contributed by atoms with Crippen LogP contribution in [0.4, 0.5) is 0 Å². The van der Waals surface area contributed by atoms with Crippen molar-refractivity contribution >= 4 is 23.2 Å². The fourth-order valence-corrected chi connectivity index (χ4v) is 6.52. The van der Waals surface area contributed by atoms with Crippen molar-refractivity contribution < 1.29 is 14.3 Å². The zero-order valence-electron chi connectivity index (χ0n) is 22.8. The number of rotatable bonds is 6. The van der Waals surface area contributed by atoms with Crippen LogP contribution in [0.5, 0.6) is 5.75 Å². The molecule has 1 heterocycles. The predicted molar refractivity (Wildman–Crippen MR) is 152 cm³/mol. The van der Waals surface area contributed by atoms with E-state index in [2.05, 4.69) is 51.3 Å². The summed E-state index contributed by atoms with van der Waals surface area (Å²) >= 11 is 6.53. The Morgan fingerprint density at radius 2 is 1.50 bits per heavy atom. The lowest BCUT2D eigenvalue weighted by molar-refractivity contribution is -0.119. The van der Waals surface area contributed by atoms with Crippen LogP contribution in [-0.2, 0) is 16.1 Å². The normalized spacial score (nSPS) is 20.8. The Bertz CT molecular complexity index is 1310. The second-order valence-electron chi connectivity index (χ2n) is 12.4. The summed E-state index contributed by atoms with van der Waals surface area (Å²) in [4.78, 5) is 30.4. The van der Waals surface area contributed by atoms with Gasteiger partial charge in [0.05, 0.1) is 0 Å². The van der Waals surface area contributed by atoms with Gasteiger partial charge in [0, 0.05) is 58.4 Å². The second kappa shape index (κ2) is 9.89. The van der Waals surface area contributed by atoms with Gasteiger partial charge in [0.1, 0.15) is 12.4 Å². The van der Waals surface area contributed by atoms with Crippen LogP contribution in [0.1, 0.15) is 70.4 Å². The van der Waals surface area contributed by atoms with Crippen molar-refractivity contribution in [3.63, 3.8) is 0 Å². The summed E-state index contributed by atoms with van der Waals surface area (Å²) in [5, 5.41) is 0.550. The van der Waals surface area contributed by atoms with Gasteiger partial charge in [-0.3, -0.25) is 9.59 Å². The third-order valence-corrected chi connectivity index (χ3v) is 8.08. The average molecular weight is 530 g/mol. The van der Waals surface area contributed by atoms with Gasteiger partial charge in [-0.25, -0.2) is 0 Å². The SMILES string of the molecule is C=CCOc1ccc(Cl)cc1C1C2=C(CC(C)(C)CC2=O)N(Cc2ccccc2)C2=C1C(=O)CC(C)(C)C2. The number of allylic oxidation sites excluding steroid dienone is 4. The van der Waals surface area contributed by atoms with Crippen LogP contribution >= 0.6 is 11.6 Å². The van der Waals surface area contributed by atoms with E-state index in [-0.39, 0.29) is 22.4 Å². The first-order valence-corrected chi connectivity index (χ1v) is 13.7. The number of ether oxygens (including phenoxy) is 1. The number of ketones is 2. The lowest BCUT2D eigenvalue weighted by Crippen LogP contribution is -2.44. The van der Waals surface area contributed by atoms with Gasteiger partial charge in [0.25, 0.3) is 0 Å².